The molecule has 1 N–H and O–H groups in total. The van der Waals surface area contributed by atoms with Crippen molar-refractivity contribution in [3.05, 3.63) is 58.9 Å². The number of carbonyl (C=O) groups excluding carboxylic acids is 1. The molecule has 7 nitrogen and oxygen atoms in total. The Morgan fingerprint density at radius 1 is 1.44 bits per heavy atom. The second-order valence-electron chi connectivity index (χ2n) is 6.39. The van der Waals surface area contributed by atoms with E-state index in [2.05, 4.69) is 20.3 Å². The molecule has 140 valence electrons. The predicted octanol–water partition coefficient (Wildman–Crippen LogP) is 2.94. The van der Waals surface area contributed by atoms with Crippen LogP contribution in [0.25, 0.3) is 11.3 Å². The Bertz CT molecular complexity index is 966. The molecule has 0 fully saturated rings. The van der Waals surface area contributed by atoms with Gasteiger partial charge in [-0.2, -0.15) is 5.10 Å². The fraction of sp³-hybridized carbons (Fsp3) is 0.316. The number of halogens is 1. The SMILES string of the molecule is CCOC(=O)c1[nH]ncc1CN1CCc2onc(-c3cccc(F)c3)c2C1. The minimum atomic E-state index is -0.409. The molecule has 0 atom stereocenters. The number of aromatic nitrogens is 3. The van der Waals surface area contributed by atoms with E-state index in [-0.39, 0.29) is 5.82 Å². The molecular formula is C19H19FN4O3. The number of ether oxygens (including phenoxy) is 1. The average molecular weight is 370 g/mol. The lowest BCUT2D eigenvalue weighted by Crippen LogP contribution is -2.30. The number of nitrogens with one attached hydrogen (secondary N) is 1. The molecule has 1 aliphatic heterocycles. The third-order valence-corrected chi connectivity index (χ3v) is 4.60. The predicted molar refractivity (Wildman–Crippen MR) is 94.3 cm³/mol. The highest BCUT2D eigenvalue weighted by Crippen LogP contribution is 2.31. The Morgan fingerprint density at radius 2 is 2.33 bits per heavy atom. The van der Waals surface area contributed by atoms with Gasteiger partial charge in [0, 0.05) is 42.7 Å². The van der Waals surface area contributed by atoms with Gasteiger partial charge >= 0.3 is 5.97 Å². The van der Waals surface area contributed by atoms with Gasteiger partial charge in [0.05, 0.1) is 12.8 Å². The van der Waals surface area contributed by atoms with Gasteiger partial charge in [-0.25, -0.2) is 9.18 Å². The smallest absolute Gasteiger partial charge is 0.356 e. The topological polar surface area (TPSA) is 84.3 Å². The zero-order valence-corrected chi connectivity index (χ0v) is 14.9. The molecule has 0 radical (unpaired) electrons. The van der Waals surface area contributed by atoms with E-state index in [0.717, 1.165) is 23.4 Å². The normalized spacial score (nSPS) is 14.1. The summed E-state index contributed by atoms with van der Waals surface area (Å²) in [5.41, 5.74) is 3.45. The highest BCUT2D eigenvalue weighted by Gasteiger charge is 2.26. The lowest BCUT2D eigenvalue weighted by Gasteiger charge is -2.25. The van der Waals surface area contributed by atoms with Crippen molar-refractivity contribution in [3.63, 3.8) is 0 Å². The highest BCUT2D eigenvalue weighted by atomic mass is 19.1. The van der Waals surface area contributed by atoms with Crippen LogP contribution in [0.2, 0.25) is 0 Å². The van der Waals surface area contributed by atoms with Crippen LogP contribution in [0.5, 0.6) is 0 Å². The van der Waals surface area contributed by atoms with E-state index < -0.39 is 5.97 Å². The van der Waals surface area contributed by atoms with Crippen LogP contribution in [0.15, 0.2) is 35.0 Å². The molecule has 0 unspecified atom stereocenters. The van der Waals surface area contributed by atoms with Crippen LogP contribution in [0.1, 0.15) is 34.3 Å². The number of H-pyrrole nitrogens is 1. The number of fused-ring (bicyclic) bond motifs is 1. The van der Waals surface area contributed by atoms with Crippen molar-refractivity contribution in [1.29, 1.82) is 0 Å². The monoisotopic (exact) mass is 370 g/mol. The maximum absolute atomic E-state index is 13.6. The largest absolute Gasteiger partial charge is 0.461 e. The van der Waals surface area contributed by atoms with Crippen molar-refractivity contribution in [2.24, 2.45) is 0 Å². The molecular weight excluding hydrogens is 351 g/mol. The van der Waals surface area contributed by atoms with Gasteiger partial charge in [0.25, 0.3) is 0 Å². The van der Waals surface area contributed by atoms with Gasteiger partial charge in [0.1, 0.15) is 23.0 Å². The van der Waals surface area contributed by atoms with Gasteiger partial charge in [-0.1, -0.05) is 17.3 Å². The number of rotatable bonds is 5. The second kappa shape index (κ2) is 7.32. The second-order valence-corrected chi connectivity index (χ2v) is 6.39. The fourth-order valence-corrected chi connectivity index (χ4v) is 3.31. The molecule has 3 heterocycles. The number of benzene rings is 1. The zero-order valence-electron chi connectivity index (χ0n) is 14.9. The molecule has 3 aromatic rings. The van der Waals surface area contributed by atoms with Crippen molar-refractivity contribution >= 4 is 5.97 Å². The first-order chi connectivity index (χ1) is 13.2. The van der Waals surface area contributed by atoms with Crippen molar-refractivity contribution in [3.8, 4) is 11.3 Å². The number of esters is 1. The van der Waals surface area contributed by atoms with Gasteiger partial charge in [-0.05, 0) is 19.1 Å². The molecule has 0 saturated carbocycles. The minimum absolute atomic E-state index is 0.308. The van der Waals surface area contributed by atoms with Gasteiger partial charge in [-0.15, -0.1) is 0 Å². The summed E-state index contributed by atoms with van der Waals surface area (Å²) in [5, 5.41) is 10.8. The Balaban J connectivity index is 1.55. The Kier molecular flexibility index (Phi) is 4.72. The van der Waals surface area contributed by atoms with E-state index in [4.69, 9.17) is 9.26 Å². The summed E-state index contributed by atoms with van der Waals surface area (Å²) < 4.78 is 24.1. The summed E-state index contributed by atoms with van der Waals surface area (Å²) >= 11 is 0. The Hall–Kier alpha value is -3.00. The number of carbonyl (C=O) groups is 1. The van der Waals surface area contributed by atoms with Gasteiger partial charge in [0.2, 0.25) is 0 Å². The summed E-state index contributed by atoms with van der Waals surface area (Å²) in [7, 11) is 0. The molecule has 1 aliphatic rings. The number of hydrogen-bond donors (Lipinski definition) is 1. The quantitative estimate of drug-likeness (QED) is 0.695. The molecule has 0 saturated heterocycles. The number of aromatic amines is 1. The molecule has 0 bridgehead atoms. The molecule has 0 spiro atoms. The summed E-state index contributed by atoms with van der Waals surface area (Å²) in [5.74, 6) is 0.103. The Labute approximate surface area is 155 Å². The van der Waals surface area contributed by atoms with Crippen LogP contribution >= 0.6 is 0 Å². The third kappa shape index (κ3) is 3.48. The van der Waals surface area contributed by atoms with Crippen LogP contribution in [0.4, 0.5) is 4.39 Å². The molecule has 0 aliphatic carbocycles. The van der Waals surface area contributed by atoms with E-state index in [9.17, 15) is 9.18 Å². The first-order valence-corrected chi connectivity index (χ1v) is 8.80. The van der Waals surface area contributed by atoms with Gasteiger partial charge < -0.3 is 9.26 Å². The number of nitrogens with zero attached hydrogens (tertiary/aromatic N) is 3. The maximum atomic E-state index is 13.6. The van der Waals surface area contributed by atoms with Crippen LogP contribution in [0, 0.1) is 5.82 Å². The van der Waals surface area contributed by atoms with Crippen LogP contribution in [-0.2, 0) is 24.2 Å². The average Bonchev–Trinajstić information content (AvgIpc) is 3.28. The summed E-state index contributed by atoms with van der Waals surface area (Å²) in [4.78, 5) is 14.2. The van der Waals surface area contributed by atoms with E-state index in [1.807, 2.05) is 6.07 Å². The first kappa shape index (κ1) is 17.4. The Morgan fingerprint density at radius 3 is 3.15 bits per heavy atom. The van der Waals surface area contributed by atoms with Gasteiger partial charge in [-0.3, -0.25) is 10.00 Å². The van der Waals surface area contributed by atoms with E-state index in [1.54, 1.807) is 19.2 Å². The molecule has 2 aromatic heterocycles. The van der Waals surface area contributed by atoms with Crippen LogP contribution in [-0.4, -0.2) is 39.4 Å². The van der Waals surface area contributed by atoms with Crippen molar-refractivity contribution in [2.45, 2.75) is 26.4 Å². The van der Waals surface area contributed by atoms with Crippen LogP contribution < -0.4 is 0 Å². The van der Waals surface area contributed by atoms with Crippen molar-refractivity contribution < 1.29 is 18.4 Å². The summed E-state index contributed by atoms with van der Waals surface area (Å²) in [6, 6.07) is 6.32. The van der Waals surface area contributed by atoms with Crippen LogP contribution in [0.3, 0.4) is 0 Å². The first-order valence-electron chi connectivity index (χ1n) is 8.80. The van der Waals surface area contributed by atoms with Gasteiger partial charge in [0.15, 0.2) is 0 Å². The third-order valence-electron chi connectivity index (χ3n) is 4.60. The molecule has 0 amide bonds. The highest BCUT2D eigenvalue weighted by molar-refractivity contribution is 5.88. The molecule has 4 rings (SSSR count). The van der Waals surface area contributed by atoms with Crippen molar-refractivity contribution in [2.75, 3.05) is 13.2 Å². The minimum Gasteiger partial charge on any atom is -0.461 e. The fourth-order valence-electron chi connectivity index (χ4n) is 3.31. The number of hydrogen-bond acceptors (Lipinski definition) is 6. The van der Waals surface area contributed by atoms with Crippen molar-refractivity contribution in [1.82, 2.24) is 20.3 Å². The summed E-state index contributed by atoms with van der Waals surface area (Å²) in [6.45, 7) is 3.97. The lowest BCUT2D eigenvalue weighted by molar-refractivity contribution is 0.0516. The molecule has 27 heavy (non-hydrogen) atoms. The van der Waals surface area contributed by atoms with E-state index in [0.29, 0.717) is 43.1 Å². The molecule has 8 heteroatoms. The maximum Gasteiger partial charge on any atom is 0.356 e. The standard InChI is InChI=1S/C19H19FN4O3/c1-2-26-19(25)18-13(9-21-22-18)10-24-7-6-16-15(11-24)17(23-27-16)12-4-3-5-14(20)8-12/h3-5,8-9H,2,6-7,10-11H2,1H3,(H,21,22). The zero-order chi connectivity index (χ0) is 18.8. The summed E-state index contributed by atoms with van der Waals surface area (Å²) in [6.07, 6.45) is 2.34. The van der Waals surface area contributed by atoms with E-state index >= 15 is 0 Å². The lowest BCUT2D eigenvalue weighted by atomic mass is 10.0. The molecule has 1 aromatic carbocycles. The van der Waals surface area contributed by atoms with E-state index in [1.165, 1.54) is 12.1 Å².